The molecule has 1 aliphatic carbocycles. The van der Waals surface area contributed by atoms with Crippen LogP contribution < -0.4 is 15.0 Å². The summed E-state index contributed by atoms with van der Waals surface area (Å²) in [6.07, 6.45) is 3.19. The zero-order chi connectivity index (χ0) is 19.6. The van der Waals surface area contributed by atoms with Gasteiger partial charge in [-0.2, -0.15) is 0 Å². The fraction of sp³-hybridized carbons (Fsp3) is 0.550. The van der Waals surface area contributed by atoms with E-state index in [1.807, 2.05) is 25.1 Å². The molecule has 1 saturated heterocycles. The summed E-state index contributed by atoms with van der Waals surface area (Å²) >= 11 is 0. The van der Waals surface area contributed by atoms with E-state index in [9.17, 15) is 19.5 Å². The molecule has 2 fully saturated rings. The number of hydrogen-bond acceptors (Lipinski definition) is 4. The maximum Gasteiger partial charge on any atom is 0.305 e. The summed E-state index contributed by atoms with van der Waals surface area (Å²) in [4.78, 5) is 38.2. The van der Waals surface area contributed by atoms with Gasteiger partial charge >= 0.3 is 5.97 Å². The van der Waals surface area contributed by atoms with Crippen molar-refractivity contribution in [1.29, 1.82) is 0 Å². The molecule has 1 unspecified atom stereocenters. The monoisotopic (exact) mass is 374 g/mol. The van der Waals surface area contributed by atoms with E-state index in [1.54, 1.807) is 12.0 Å². The van der Waals surface area contributed by atoms with E-state index in [-0.39, 0.29) is 31.2 Å². The van der Waals surface area contributed by atoms with Crippen LogP contribution in [-0.4, -0.2) is 42.1 Å². The van der Waals surface area contributed by atoms with Crippen molar-refractivity contribution in [2.75, 3.05) is 18.6 Å². The van der Waals surface area contributed by atoms with E-state index in [4.69, 9.17) is 4.74 Å². The van der Waals surface area contributed by atoms with Crippen LogP contribution in [0.5, 0.6) is 5.75 Å². The van der Waals surface area contributed by atoms with E-state index in [0.29, 0.717) is 24.3 Å². The van der Waals surface area contributed by atoms with Crippen LogP contribution in [0.4, 0.5) is 5.69 Å². The molecule has 1 saturated carbocycles. The van der Waals surface area contributed by atoms with Gasteiger partial charge in [-0.3, -0.25) is 14.4 Å². The average molecular weight is 374 g/mol. The van der Waals surface area contributed by atoms with Gasteiger partial charge in [0.05, 0.1) is 30.7 Å². The SMILES string of the molecule is COc1ccc(C)cc1N1CC(C(=O)NC2(CC(=O)O)CCCC2)CC1=O. The molecule has 1 aromatic rings. The van der Waals surface area contributed by atoms with Gasteiger partial charge in [-0.1, -0.05) is 18.9 Å². The summed E-state index contributed by atoms with van der Waals surface area (Å²) in [6, 6.07) is 5.59. The molecule has 2 amide bonds. The van der Waals surface area contributed by atoms with Crippen LogP contribution in [0.2, 0.25) is 0 Å². The largest absolute Gasteiger partial charge is 0.495 e. The van der Waals surface area contributed by atoms with Gasteiger partial charge in [0, 0.05) is 13.0 Å². The van der Waals surface area contributed by atoms with Crippen molar-refractivity contribution in [2.45, 2.75) is 51.0 Å². The normalized spacial score (nSPS) is 21.3. The molecule has 2 N–H and O–H groups in total. The molecule has 0 bridgehead atoms. The highest BCUT2D eigenvalue weighted by atomic mass is 16.5. The van der Waals surface area contributed by atoms with Crippen molar-refractivity contribution in [3.05, 3.63) is 23.8 Å². The predicted octanol–water partition coefficient (Wildman–Crippen LogP) is 2.26. The van der Waals surface area contributed by atoms with Crippen LogP contribution in [0.3, 0.4) is 0 Å². The lowest BCUT2D eigenvalue weighted by atomic mass is 9.92. The molecule has 7 nitrogen and oxygen atoms in total. The van der Waals surface area contributed by atoms with E-state index >= 15 is 0 Å². The molecule has 27 heavy (non-hydrogen) atoms. The second-order valence-electron chi connectivity index (χ2n) is 7.63. The smallest absolute Gasteiger partial charge is 0.305 e. The Bertz CT molecular complexity index is 755. The van der Waals surface area contributed by atoms with E-state index in [2.05, 4.69) is 5.32 Å². The number of carbonyl (C=O) groups excluding carboxylic acids is 2. The van der Waals surface area contributed by atoms with E-state index in [0.717, 1.165) is 18.4 Å². The fourth-order valence-corrected chi connectivity index (χ4v) is 4.18. The van der Waals surface area contributed by atoms with Crippen LogP contribution in [0.15, 0.2) is 18.2 Å². The van der Waals surface area contributed by atoms with Gasteiger partial charge in [0.2, 0.25) is 11.8 Å². The number of rotatable bonds is 6. The van der Waals surface area contributed by atoms with Gasteiger partial charge < -0.3 is 20.1 Å². The molecule has 7 heteroatoms. The van der Waals surface area contributed by atoms with Crippen molar-refractivity contribution in [3.63, 3.8) is 0 Å². The number of hydrogen-bond donors (Lipinski definition) is 2. The summed E-state index contributed by atoms with van der Waals surface area (Å²) in [5.41, 5.74) is 0.984. The van der Waals surface area contributed by atoms with Crippen LogP contribution >= 0.6 is 0 Å². The molecular weight excluding hydrogens is 348 g/mol. The first kappa shape index (κ1) is 19.2. The first-order chi connectivity index (χ1) is 12.8. The number of benzene rings is 1. The van der Waals surface area contributed by atoms with Crippen molar-refractivity contribution in [3.8, 4) is 5.75 Å². The lowest BCUT2D eigenvalue weighted by Gasteiger charge is -2.30. The molecule has 0 spiro atoms. The van der Waals surface area contributed by atoms with E-state index in [1.165, 1.54) is 0 Å². The highest BCUT2D eigenvalue weighted by molar-refractivity contribution is 6.01. The molecule has 1 aliphatic heterocycles. The first-order valence-electron chi connectivity index (χ1n) is 9.32. The third kappa shape index (κ3) is 4.07. The average Bonchev–Trinajstić information content (AvgIpc) is 3.21. The maximum atomic E-state index is 12.8. The minimum absolute atomic E-state index is 0.0746. The number of aryl methyl sites for hydroxylation is 1. The van der Waals surface area contributed by atoms with Crippen LogP contribution in [0.1, 0.15) is 44.1 Å². The summed E-state index contributed by atoms with van der Waals surface area (Å²) in [5.74, 6) is -1.17. The van der Waals surface area contributed by atoms with Gasteiger partial charge in [-0.05, 0) is 37.5 Å². The maximum absolute atomic E-state index is 12.8. The van der Waals surface area contributed by atoms with Crippen LogP contribution in [0, 0.1) is 12.8 Å². The highest BCUT2D eigenvalue weighted by Crippen LogP contribution is 2.36. The minimum Gasteiger partial charge on any atom is -0.495 e. The summed E-state index contributed by atoms with van der Waals surface area (Å²) in [6.45, 7) is 2.21. The standard InChI is InChI=1S/C20H26N2O5/c1-13-5-6-16(27-2)15(9-13)22-12-14(10-17(22)23)19(26)21-20(11-18(24)25)7-3-4-8-20/h5-6,9,14H,3-4,7-8,10-12H2,1-2H3,(H,21,26)(H,24,25). The number of aliphatic carboxylic acids is 1. The second kappa shape index (κ2) is 7.58. The number of nitrogens with one attached hydrogen (secondary N) is 1. The summed E-state index contributed by atoms with van der Waals surface area (Å²) in [7, 11) is 1.55. The van der Waals surface area contributed by atoms with Gasteiger partial charge in [0.15, 0.2) is 0 Å². The zero-order valence-corrected chi connectivity index (χ0v) is 15.8. The molecule has 2 aliphatic rings. The number of amides is 2. The van der Waals surface area contributed by atoms with Crippen molar-refractivity contribution in [2.24, 2.45) is 5.92 Å². The Morgan fingerprint density at radius 1 is 1.33 bits per heavy atom. The molecule has 0 radical (unpaired) electrons. The lowest BCUT2D eigenvalue weighted by molar-refractivity contribution is -0.139. The molecule has 3 rings (SSSR count). The first-order valence-corrected chi connectivity index (χ1v) is 9.32. The molecule has 1 heterocycles. The third-order valence-electron chi connectivity index (χ3n) is 5.56. The van der Waals surface area contributed by atoms with Crippen molar-refractivity contribution < 1.29 is 24.2 Å². The van der Waals surface area contributed by atoms with Crippen molar-refractivity contribution in [1.82, 2.24) is 5.32 Å². The Balaban J connectivity index is 1.74. The van der Waals surface area contributed by atoms with Gasteiger partial charge in [-0.25, -0.2) is 0 Å². The van der Waals surface area contributed by atoms with Crippen LogP contribution in [-0.2, 0) is 14.4 Å². The Hall–Kier alpha value is -2.57. The number of nitrogens with zero attached hydrogens (tertiary/aromatic N) is 1. The number of anilines is 1. The topological polar surface area (TPSA) is 95.9 Å². The molecular formula is C20H26N2O5. The fourth-order valence-electron chi connectivity index (χ4n) is 4.18. The predicted molar refractivity (Wildman–Crippen MR) is 99.8 cm³/mol. The van der Waals surface area contributed by atoms with Gasteiger partial charge in [-0.15, -0.1) is 0 Å². The van der Waals surface area contributed by atoms with Gasteiger partial charge in [0.1, 0.15) is 5.75 Å². The zero-order valence-electron chi connectivity index (χ0n) is 15.8. The second-order valence-corrected chi connectivity index (χ2v) is 7.63. The molecule has 1 aromatic carbocycles. The number of carbonyl (C=O) groups is 3. The third-order valence-corrected chi connectivity index (χ3v) is 5.56. The Labute approximate surface area is 158 Å². The number of carboxylic acid groups (broad SMARTS) is 1. The highest BCUT2D eigenvalue weighted by Gasteiger charge is 2.42. The Morgan fingerprint density at radius 2 is 2.04 bits per heavy atom. The van der Waals surface area contributed by atoms with Crippen LogP contribution in [0.25, 0.3) is 0 Å². The molecule has 1 atom stereocenters. The van der Waals surface area contributed by atoms with Crippen molar-refractivity contribution >= 4 is 23.5 Å². The minimum atomic E-state index is -0.911. The Kier molecular flexibility index (Phi) is 5.39. The van der Waals surface area contributed by atoms with Gasteiger partial charge in [0.25, 0.3) is 0 Å². The molecule has 0 aromatic heterocycles. The number of ether oxygens (including phenoxy) is 1. The number of methoxy groups -OCH3 is 1. The van der Waals surface area contributed by atoms with E-state index < -0.39 is 17.4 Å². The summed E-state index contributed by atoms with van der Waals surface area (Å²) < 4.78 is 5.36. The quantitative estimate of drug-likeness (QED) is 0.796. The number of carboxylic acids is 1. The Morgan fingerprint density at radius 3 is 2.67 bits per heavy atom. The molecule has 146 valence electrons. The summed E-state index contributed by atoms with van der Waals surface area (Å²) in [5, 5.41) is 12.2. The lowest BCUT2D eigenvalue weighted by Crippen LogP contribution is -2.50.